The van der Waals surface area contributed by atoms with Crippen LogP contribution in [0.3, 0.4) is 0 Å². The third kappa shape index (κ3) is 2.34. The lowest BCUT2D eigenvalue weighted by atomic mass is 9.46. The van der Waals surface area contributed by atoms with E-state index in [-0.39, 0.29) is 22.5 Å². The molecule has 3 heteroatoms. The highest BCUT2D eigenvalue weighted by Gasteiger charge is 2.60. The highest BCUT2D eigenvalue weighted by molar-refractivity contribution is 5.91. The van der Waals surface area contributed by atoms with Crippen LogP contribution in [-0.2, 0) is 9.59 Å². The average Bonchev–Trinajstić information content (AvgIpc) is 2.93. The highest BCUT2D eigenvalue weighted by Crippen LogP contribution is 2.67. The summed E-state index contributed by atoms with van der Waals surface area (Å²) in [6, 6.07) is 0. The van der Waals surface area contributed by atoms with Crippen molar-refractivity contribution in [3.8, 4) is 0 Å². The van der Waals surface area contributed by atoms with E-state index in [4.69, 9.17) is 0 Å². The Labute approximate surface area is 151 Å². The summed E-state index contributed by atoms with van der Waals surface area (Å²) in [6.07, 6.45) is 9.50. The Kier molecular flexibility index (Phi) is 4.03. The summed E-state index contributed by atoms with van der Waals surface area (Å²) in [5.41, 5.74) is 1.25. The molecule has 0 aromatic rings. The number of ketones is 1. The largest absolute Gasteiger partial charge is 0.389 e. The summed E-state index contributed by atoms with van der Waals surface area (Å²) < 4.78 is 0. The first kappa shape index (κ1) is 17.5. The number of rotatable bonds is 2. The molecule has 25 heavy (non-hydrogen) atoms. The maximum absolute atomic E-state index is 11.9. The molecule has 0 aromatic heterocycles. The SMILES string of the molecule is C[C@H](C=O)[C@H]1CC[C@H]2[C@@H]3C[C@@H](O)C4=CC(=O)CC[C@]4(C)[C@H]3CC[C@]12C. The predicted octanol–water partition coefficient (Wildman–Crippen LogP) is 3.94. The molecular weight excluding hydrogens is 312 g/mol. The standard InChI is InChI=1S/C22H32O3/c1-13(12-23)16-4-5-17-15-11-20(25)19-10-14(24)6-8-22(19,3)18(15)7-9-21(16,17)2/h10,12-13,15-18,20,25H,4-9,11H2,1-3H3/t13-,15+,16-,17+,18+,20-,21-,22-/m1/s1. The van der Waals surface area contributed by atoms with Crippen LogP contribution < -0.4 is 0 Å². The Balaban J connectivity index is 1.68. The van der Waals surface area contributed by atoms with E-state index in [0.717, 1.165) is 31.1 Å². The normalized spacial score (nSPS) is 50.3. The number of aliphatic hydroxyl groups excluding tert-OH is 1. The van der Waals surface area contributed by atoms with Crippen molar-refractivity contribution in [2.75, 3.05) is 0 Å². The molecule has 138 valence electrons. The van der Waals surface area contributed by atoms with Gasteiger partial charge in [-0.15, -0.1) is 0 Å². The molecule has 0 unspecified atom stereocenters. The quantitative estimate of drug-likeness (QED) is 0.772. The number of hydrogen-bond donors (Lipinski definition) is 1. The van der Waals surface area contributed by atoms with Gasteiger partial charge in [0.1, 0.15) is 6.29 Å². The third-order valence-corrected chi connectivity index (χ3v) is 8.90. The van der Waals surface area contributed by atoms with Crippen LogP contribution in [0.4, 0.5) is 0 Å². The predicted molar refractivity (Wildman–Crippen MR) is 96.8 cm³/mol. The number of hydrogen-bond acceptors (Lipinski definition) is 3. The van der Waals surface area contributed by atoms with Crippen LogP contribution in [0.25, 0.3) is 0 Å². The van der Waals surface area contributed by atoms with Crippen molar-refractivity contribution in [2.24, 2.45) is 40.4 Å². The minimum absolute atomic E-state index is 0.00800. The van der Waals surface area contributed by atoms with E-state index in [1.807, 2.05) is 0 Å². The molecule has 0 amide bonds. The molecule has 4 aliphatic carbocycles. The Bertz CT molecular complexity index is 623. The number of aldehydes is 1. The Morgan fingerprint density at radius 2 is 1.96 bits per heavy atom. The van der Waals surface area contributed by atoms with Crippen molar-refractivity contribution in [1.29, 1.82) is 0 Å². The third-order valence-electron chi connectivity index (χ3n) is 8.90. The summed E-state index contributed by atoms with van der Waals surface area (Å²) in [5.74, 6) is 2.55. The molecule has 4 rings (SSSR count). The minimum Gasteiger partial charge on any atom is -0.389 e. The molecule has 0 heterocycles. The van der Waals surface area contributed by atoms with E-state index in [2.05, 4.69) is 20.8 Å². The second-order valence-corrected chi connectivity index (χ2v) is 9.84. The molecule has 8 atom stereocenters. The molecule has 4 aliphatic rings. The second kappa shape index (κ2) is 5.77. The highest BCUT2D eigenvalue weighted by atomic mass is 16.3. The smallest absolute Gasteiger partial charge is 0.155 e. The lowest BCUT2D eigenvalue weighted by Gasteiger charge is -2.59. The van der Waals surface area contributed by atoms with Gasteiger partial charge >= 0.3 is 0 Å². The van der Waals surface area contributed by atoms with Crippen molar-refractivity contribution in [3.63, 3.8) is 0 Å². The van der Waals surface area contributed by atoms with Gasteiger partial charge in [0.2, 0.25) is 0 Å². The van der Waals surface area contributed by atoms with Gasteiger partial charge in [-0.3, -0.25) is 4.79 Å². The van der Waals surface area contributed by atoms with Gasteiger partial charge in [0, 0.05) is 12.3 Å². The molecule has 3 fully saturated rings. The minimum atomic E-state index is -0.458. The topological polar surface area (TPSA) is 54.4 Å². The van der Waals surface area contributed by atoms with Gasteiger partial charge in [-0.2, -0.15) is 0 Å². The van der Waals surface area contributed by atoms with Crippen molar-refractivity contribution in [1.82, 2.24) is 0 Å². The van der Waals surface area contributed by atoms with Crippen molar-refractivity contribution in [2.45, 2.75) is 71.8 Å². The molecule has 0 aliphatic heterocycles. The van der Waals surface area contributed by atoms with Gasteiger partial charge < -0.3 is 9.90 Å². The molecule has 3 saturated carbocycles. The fourth-order valence-electron chi connectivity index (χ4n) is 7.61. The number of carbonyl (C=O) groups is 2. The Morgan fingerprint density at radius 3 is 2.68 bits per heavy atom. The van der Waals surface area contributed by atoms with E-state index < -0.39 is 6.10 Å². The first-order valence-electron chi connectivity index (χ1n) is 10.2. The van der Waals surface area contributed by atoms with Crippen LogP contribution in [0.1, 0.15) is 65.7 Å². The van der Waals surface area contributed by atoms with Gasteiger partial charge in [0.25, 0.3) is 0 Å². The molecule has 0 saturated heterocycles. The Hall–Kier alpha value is -0.960. The van der Waals surface area contributed by atoms with Crippen LogP contribution in [0.15, 0.2) is 11.6 Å². The second-order valence-electron chi connectivity index (χ2n) is 9.84. The van der Waals surface area contributed by atoms with E-state index in [9.17, 15) is 14.7 Å². The zero-order chi connectivity index (χ0) is 18.0. The summed E-state index contributed by atoms with van der Waals surface area (Å²) >= 11 is 0. The van der Waals surface area contributed by atoms with Crippen LogP contribution in [-0.4, -0.2) is 23.3 Å². The zero-order valence-electron chi connectivity index (χ0n) is 15.8. The molecule has 1 N–H and O–H groups in total. The molecule has 0 bridgehead atoms. The fourth-order valence-corrected chi connectivity index (χ4v) is 7.61. The van der Waals surface area contributed by atoms with E-state index in [1.54, 1.807) is 6.08 Å². The van der Waals surface area contributed by atoms with Gasteiger partial charge in [-0.05, 0) is 84.7 Å². The van der Waals surface area contributed by atoms with Gasteiger partial charge in [-0.1, -0.05) is 20.8 Å². The monoisotopic (exact) mass is 344 g/mol. The fraction of sp³-hybridized carbons (Fsp3) is 0.818. The first-order chi connectivity index (χ1) is 11.8. The molecule has 0 aromatic carbocycles. The van der Waals surface area contributed by atoms with Crippen LogP contribution in [0.2, 0.25) is 0 Å². The zero-order valence-corrected chi connectivity index (χ0v) is 15.8. The van der Waals surface area contributed by atoms with Gasteiger partial charge in [-0.25, -0.2) is 0 Å². The summed E-state index contributed by atoms with van der Waals surface area (Å²) in [7, 11) is 0. The Morgan fingerprint density at radius 1 is 1.20 bits per heavy atom. The van der Waals surface area contributed by atoms with Crippen LogP contribution in [0, 0.1) is 40.4 Å². The van der Waals surface area contributed by atoms with Crippen LogP contribution in [0.5, 0.6) is 0 Å². The molecule has 0 radical (unpaired) electrons. The molecule has 3 nitrogen and oxygen atoms in total. The van der Waals surface area contributed by atoms with Crippen molar-refractivity contribution >= 4 is 12.1 Å². The van der Waals surface area contributed by atoms with Gasteiger partial charge in [0.05, 0.1) is 6.10 Å². The average molecular weight is 344 g/mol. The number of carbonyl (C=O) groups excluding carboxylic acids is 2. The number of fused-ring (bicyclic) bond motifs is 5. The maximum Gasteiger partial charge on any atom is 0.155 e. The molecule has 0 spiro atoms. The maximum atomic E-state index is 11.9. The first-order valence-corrected chi connectivity index (χ1v) is 10.2. The van der Waals surface area contributed by atoms with E-state index in [1.165, 1.54) is 19.3 Å². The van der Waals surface area contributed by atoms with E-state index in [0.29, 0.717) is 30.1 Å². The lowest BCUT2D eigenvalue weighted by Crippen LogP contribution is -2.54. The summed E-state index contributed by atoms with van der Waals surface area (Å²) in [5, 5.41) is 10.9. The van der Waals surface area contributed by atoms with Crippen LogP contribution >= 0.6 is 0 Å². The lowest BCUT2D eigenvalue weighted by molar-refractivity contribution is -0.121. The number of aliphatic hydroxyl groups is 1. The van der Waals surface area contributed by atoms with Crippen molar-refractivity contribution in [3.05, 3.63) is 11.6 Å². The molecular formula is C22H32O3. The van der Waals surface area contributed by atoms with Gasteiger partial charge in [0.15, 0.2) is 5.78 Å². The van der Waals surface area contributed by atoms with E-state index >= 15 is 0 Å². The van der Waals surface area contributed by atoms with Crippen molar-refractivity contribution < 1.29 is 14.7 Å². The summed E-state index contributed by atoms with van der Waals surface area (Å²) in [6.45, 7) is 6.80. The summed E-state index contributed by atoms with van der Waals surface area (Å²) in [4.78, 5) is 23.4.